The van der Waals surface area contributed by atoms with Crippen LogP contribution in [0.2, 0.25) is 0 Å². The van der Waals surface area contributed by atoms with Crippen molar-refractivity contribution >= 4 is 17.9 Å². The molecule has 0 aromatic carbocycles. The van der Waals surface area contributed by atoms with Crippen molar-refractivity contribution in [2.75, 3.05) is 39.6 Å². The molecule has 138 valence electrons. The molecule has 1 aliphatic rings. The number of aliphatic hydroxyl groups is 1. The maximum atomic E-state index is 12.0. The van der Waals surface area contributed by atoms with Crippen LogP contribution < -0.4 is 0 Å². The fourth-order valence-corrected chi connectivity index (χ4v) is 2.64. The first-order chi connectivity index (χ1) is 11.5. The van der Waals surface area contributed by atoms with Crippen LogP contribution in [-0.2, 0) is 28.6 Å². The van der Waals surface area contributed by atoms with Gasteiger partial charge in [-0.3, -0.25) is 14.4 Å². The monoisotopic (exact) mass is 348 g/mol. The van der Waals surface area contributed by atoms with Crippen molar-refractivity contribution in [2.24, 2.45) is 17.8 Å². The molecule has 3 unspecified atom stereocenters. The molecule has 0 saturated heterocycles. The molecule has 9 heteroatoms. The number of ether oxygens (including phenoxy) is 3. The number of hydrogen-bond donors (Lipinski definition) is 3. The molecular weight excluding hydrogens is 324 g/mol. The Hall–Kier alpha value is -1.71. The van der Waals surface area contributed by atoms with Gasteiger partial charge in [-0.25, -0.2) is 0 Å². The number of rotatable bonds is 11. The van der Waals surface area contributed by atoms with Crippen molar-refractivity contribution in [3.63, 3.8) is 0 Å². The predicted molar refractivity (Wildman–Crippen MR) is 79.3 cm³/mol. The SMILES string of the molecule is O=C(O)C1CCC(C(=O)OCCOCCOCCO)C(C(=O)O)C1. The zero-order valence-electron chi connectivity index (χ0n) is 13.4. The van der Waals surface area contributed by atoms with Gasteiger partial charge in [0.2, 0.25) is 0 Å². The quantitative estimate of drug-likeness (QED) is 0.341. The highest BCUT2D eigenvalue weighted by Gasteiger charge is 2.42. The first kappa shape index (κ1) is 20.3. The fourth-order valence-electron chi connectivity index (χ4n) is 2.64. The zero-order valence-corrected chi connectivity index (χ0v) is 13.4. The van der Waals surface area contributed by atoms with E-state index in [4.69, 9.17) is 24.4 Å². The van der Waals surface area contributed by atoms with E-state index in [9.17, 15) is 19.5 Å². The first-order valence-corrected chi connectivity index (χ1v) is 7.86. The summed E-state index contributed by atoms with van der Waals surface area (Å²) in [4.78, 5) is 34.3. The van der Waals surface area contributed by atoms with E-state index in [2.05, 4.69) is 0 Å². The summed E-state index contributed by atoms with van der Waals surface area (Å²) in [5, 5.41) is 26.7. The second kappa shape index (κ2) is 11.0. The van der Waals surface area contributed by atoms with Gasteiger partial charge >= 0.3 is 17.9 Å². The summed E-state index contributed by atoms with van der Waals surface area (Å²) in [5.41, 5.74) is 0. The average Bonchev–Trinajstić information content (AvgIpc) is 2.56. The summed E-state index contributed by atoms with van der Waals surface area (Å²) < 4.78 is 15.2. The molecule has 0 aliphatic heterocycles. The van der Waals surface area contributed by atoms with Gasteiger partial charge in [0.15, 0.2) is 0 Å². The summed E-state index contributed by atoms with van der Waals surface area (Å²) in [5.74, 6) is -5.46. The molecular formula is C15H24O9. The molecule has 24 heavy (non-hydrogen) atoms. The minimum atomic E-state index is -1.18. The van der Waals surface area contributed by atoms with Gasteiger partial charge in [0.25, 0.3) is 0 Å². The molecule has 0 radical (unpaired) electrons. The second-order valence-corrected chi connectivity index (χ2v) is 5.52. The Balaban J connectivity index is 2.30. The molecule has 0 heterocycles. The normalized spacial score (nSPS) is 23.6. The van der Waals surface area contributed by atoms with Gasteiger partial charge in [0, 0.05) is 0 Å². The lowest BCUT2D eigenvalue weighted by Crippen LogP contribution is -2.38. The van der Waals surface area contributed by atoms with Gasteiger partial charge in [-0.05, 0) is 19.3 Å². The van der Waals surface area contributed by atoms with Crippen molar-refractivity contribution in [1.29, 1.82) is 0 Å². The third-order valence-electron chi connectivity index (χ3n) is 3.90. The standard InChI is InChI=1S/C15H24O9/c16-3-4-22-5-6-23-7-8-24-15(21)11-2-1-10(13(17)18)9-12(11)14(19)20/h10-12,16H,1-9H2,(H,17,18)(H,19,20). The third kappa shape index (κ3) is 6.81. The van der Waals surface area contributed by atoms with Crippen molar-refractivity contribution in [1.82, 2.24) is 0 Å². The molecule has 1 saturated carbocycles. The van der Waals surface area contributed by atoms with Crippen LogP contribution >= 0.6 is 0 Å². The van der Waals surface area contributed by atoms with E-state index < -0.39 is 35.7 Å². The number of aliphatic hydroxyl groups excluding tert-OH is 1. The van der Waals surface area contributed by atoms with Crippen LogP contribution in [0.25, 0.3) is 0 Å². The van der Waals surface area contributed by atoms with Crippen LogP contribution in [0, 0.1) is 17.8 Å². The molecule has 3 N–H and O–H groups in total. The minimum Gasteiger partial charge on any atom is -0.481 e. The summed E-state index contributed by atoms with van der Waals surface area (Å²) in [6.45, 7) is 0.911. The highest BCUT2D eigenvalue weighted by atomic mass is 16.6. The molecule has 0 amide bonds. The van der Waals surface area contributed by atoms with Crippen molar-refractivity contribution in [2.45, 2.75) is 19.3 Å². The summed E-state index contributed by atoms with van der Waals surface area (Å²) >= 11 is 0. The number of carboxylic acids is 2. The molecule has 0 aromatic heterocycles. The highest BCUT2D eigenvalue weighted by Crippen LogP contribution is 2.35. The summed E-state index contributed by atoms with van der Waals surface area (Å²) in [6, 6.07) is 0. The summed E-state index contributed by atoms with van der Waals surface area (Å²) in [6.07, 6.45) is 0.378. The molecule has 0 bridgehead atoms. The zero-order chi connectivity index (χ0) is 17.9. The van der Waals surface area contributed by atoms with Crippen LogP contribution in [0.5, 0.6) is 0 Å². The van der Waals surface area contributed by atoms with E-state index in [1.54, 1.807) is 0 Å². The Morgan fingerprint density at radius 1 is 0.833 bits per heavy atom. The maximum Gasteiger partial charge on any atom is 0.309 e. The number of esters is 1. The Labute approximate surface area is 139 Å². The lowest BCUT2D eigenvalue weighted by Gasteiger charge is -2.30. The minimum absolute atomic E-state index is 0.00989. The molecule has 9 nitrogen and oxygen atoms in total. The highest BCUT2D eigenvalue weighted by molar-refractivity contribution is 5.82. The predicted octanol–water partition coefficient (Wildman–Crippen LogP) is -0.243. The van der Waals surface area contributed by atoms with Crippen LogP contribution in [0.1, 0.15) is 19.3 Å². The van der Waals surface area contributed by atoms with Crippen LogP contribution in [0.15, 0.2) is 0 Å². The van der Waals surface area contributed by atoms with Gasteiger partial charge in [0.1, 0.15) is 6.61 Å². The number of carboxylic acid groups (broad SMARTS) is 2. The van der Waals surface area contributed by atoms with E-state index >= 15 is 0 Å². The van der Waals surface area contributed by atoms with Gasteiger partial charge in [-0.2, -0.15) is 0 Å². The van der Waals surface area contributed by atoms with E-state index in [1.165, 1.54) is 0 Å². The molecule has 1 fully saturated rings. The topological polar surface area (TPSA) is 140 Å². The smallest absolute Gasteiger partial charge is 0.309 e. The van der Waals surface area contributed by atoms with Crippen molar-refractivity contribution in [3.8, 4) is 0 Å². The Bertz CT molecular complexity index is 423. The molecule has 1 aliphatic carbocycles. The van der Waals surface area contributed by atoms with Gasteiger partial charge < -0.3 is 29.5 Å². The van der Waals surface area contributed by atoms with Gasteiger partial charge in [-0.1, -0.05) is 0 Å². The largest absolute Gasteiger partial charge is 0.481 e. The van der Waals surface area contributed by atoms with Crippen LogP contribution in [-0.4, -0.2) is 72.9 Å². The van der Waals surface area contributed by atoms with Crippen molar-refractivity contribution in [3.05, 3.63) is 0 Å². The number of carbonyl (C=O) groups is 3. The Morgan fingerprint density at radius 2 is 1.46 bits per heavy atom. The molecule has 1 rings (SSSR count). The number of aliphatic carboxylic acids is 2. The Morgan fingerprint density at radius 3 is 2.04 bits per heavy atom. The molecule has 0 spiro atoms. The second-order valence-electron chi connectivity index (χ2n) is 5.52. The lowest BCUT2D eigenvalue weighted by atomic mass is 9.74. The number of hydrogen-bond acceptors (Lipinski definition) is 7. The lowest BCUT2D eigenvalue weighted by molar-refractivity contribution is -0.163. The van der Waals surface area contributed by atoms with E-state index in [0.29, 0.717) is 13.2 Å². The van der Waals surface area contributed by atoms with Crippen LogP contribution in [0.4, 0.5) is 0 Å². The maximum absolute atomic E-state index is 12.0. The van der Waals surface area contributed by atoms with Crippen LogP contribution in [0.3, 0.4) is 0 Å². The van der Waals surface area contributed by atoms with E-state index in [0.717, 1.165) is 0 Å². The van der Waals surface area contributed by atoms with Gasteiger partial charge in [-0.15, -0.1) is 0 Å². The third-order valence-corrected chi connectivity index (χ3v) is 3.90. The van der Waals surface area contributed by atoms with E-state index in [-0.39, 0.29) is 45.7 Å². The van der Waals surface area contributed by atoms with Gasteiger partial charge in [0.05, 0.1) is 50.8 Å². The van der Waals surface area contributed by atoms with E-state index in [1.807, 2.05) is 0 Å². The number of carbonyl (C=O) groups excluding carboxylic acids is 1. The van der Waals surface area contributed by atoms with Crippen molar-refractivity contribution < 1.29 is 43.9 Å². The fraction of sp³-hybridized carbons (Fsp3) is 0.800. The molecule has 3 atom stereocenters. The Kier molecular flexibility index (Phi) is 9.28. The molecule has 0 aromatic rings. The first-order valence-electron chi connectivity index (χ1n) is 7.86. The summed E-state index contributed by atoms with van der Waals surface area (Å²) in [7, 11) is 0. The average molecular weight is 348 g/mol.